The molecule has 3 nitrogen and oxygen atoms in total. The Bertz CT molecular complexity index is 234. The summed E-state index contributed by atoms with van der Waals surface area (Å²) in [5, 5.41) is 2.90. The fourth-order valence-corrected chi connectivity index (χ4v) is 2.29. The van der Waals surface area contributed by atoms with E-state index in [4.69, 9.17) is 11.6 Å². The Labute approximate surface area is 89.2 Å². The van der Waals surface area contributed by atoms with Gasteiger partial charge >= 0.3 is 0 Å². The first-order valence-corrected chi connectivity index (χ1v) is 5.48. The highest BCUT2D eigenvalue weighted by atomic mass is 35.5. The number of amides is 1. The highest BCUT2D eigenvalue weighted by Gasteiger charge is 2.36. The first-order valence-electron chi connectivity index (χ1n) is 4.94. The van der Waals surface area contributed by atoms with Gasteiger partial charge in [0.25, 0.3) is 0 Å². The number of nitrogens with one attached hydrogen (secondary N) is 1. The Hall–Kier alpha value is -0.570. The van der Waals surface area contributed by atoms with Crippen molar-refractivity contribution in [3.05, 3.63) is 0 Å². The van der Waals surface area contributed by atoms with Gasteiger partial charge in [0.15, 0.2) is 0 Å². The van der Waals surface area contributed by atoms with Crippen molar-refractivity contribution in [1.82, 2.24) is 5.32 Å². The number of hydrogen-bond donors (Lipinski definition) is 1. The molecule has 0 aliphatic heterocycles. The minimum Gasteiger partial charge on any atom is -0.350 e. The lowest BCUT2D eigenvalue weighted by Crippen LogP contribution is -2.47. The maximum atomic E-state index is 11.3. The molecule has 0 unspecified atom stereocenters. The van der Waals surface area contributed by atoms with Crippen molar-refractivity contribution in [3.8, 4) is 0 Å². The lowest BCUT2D eigenvalue weighted by atomic mass is 9.91. The molecule has 0 saturated heterocycles. The van der Waals surface area contributed by atoms with Gasteiger partial charge in [-0.15, -0.1) is 11.6 Å². The number of carbonyl (C=O) groups is 2. The van der Waals surface area contributed by atoms with Crippen molar-refractivity contribution < 1.29 is 9.59 Å². The molecule has 1 amide bonds. The lowest BCUT2D eigenvalue weighted by Gasteiger charge is -2.28. The van der Waals surface area contributed by atoms with E-state index in [1.165, 1.54) is 6.92 Å². The second-order valence-corrected chi connectivity index (χ2v) is 4.28. The number of halogens is 1. The van der Waals surface area contributed by atoms with Crippen LogP contribution >= 0.6 is 11.6 Å². The summed E-state index contributed by atoms with van der Waals surface area (Å²) >= 11 is 5.47. The SMILES string of the molecule is CC(=O)NC1(CC(=O)CCl)CCCC1. The highest BCUT2D eigenvalue weighted by Crippen LogP contribution is 2.32. The quantitative estimate of drug-likeness (QED) is 0.728. The van der Waals surface area contributed by atoms with Gasteiger partial charge in [0.2, 0.25) is 5.91 Å². The van der Waals surface area contributed by atoms with Gasteiger partial charge in [0.05, 0.1) is 5.88 Å². The minimum absolute atomic E-state index is 0.0160. The van der Waals surface area contributed by atoms with Gasteiger partial charge in [-0.2, -0.15) is 0 Å². The second-order valence-electron chi connectivity index (χ2n) is 4.02. The fourth-order valence-electron chi connectivity index (χ4n) is 2.20. The second kappa shape index (κ2) is 4.78. The van der Waals surface area contributed by atoms with Gasteiger partial charge < -0.3 is 5.32 Å². The third-order valence-corrected chi connectivity index (χ3v) is 2.98. The molecule has 0 heterocycles. The van der Waals surface area contributed by atoms with Gasteiger partial charge in [-0.3, -0.25) is 9.59 Å². The van der Waals surface area contributed by atoms with Crippen LogP contribution in [0.1, 0.15) is 39.0 Å². The minimum atomic E-state index is -0.294. The molecule has 1 aliphatic rings. The van der Waals surface area contributed by atoms with E-state index in [0.29, 0.717) is 6.42 Å². The van der Waals surface area contributed by atoms with Crippen molar-refractivity contribution in [2.24, 2.45) is 0 Å². The Morgan fingerprint density at radius 3 is 2.36 bits per heavy atom. The van der Waals surface area contributed by atoms with Crippen molar-refractivity contribution in [2.45, 2.75) is 44.6 Å². The molecule has 1 N–H and O–H groups in total. The third-order valence-electron chi connectivity index (χ3n) is 2.69. The highest BCUT2D eigenvalue weighted by molar-refractivity contribution is 6.27. The van der Waals surface area contributed by atoms with Crippen LogP contribution in [-0.2, 0) is 9.59 Å². The monoisotopic (exact) mass is 217 g/mol. The zero-order valence-electron chi connectivity index (χ0n) is 8.44. The smallest absolute Gasteiger partial charge is 0.217 e. The van der Waals surface area contributed by atoms with E-state index >= 15 is 0 Å². The van der Waals surface area contributed by atoms with E-state index in [1.54, 1.807) is 0 Å². The number of rotatable bonds is 4. The molecule has 14 heavy (non-hydrogen) atoms. The zero-order chi connectivity index (χ0) is 10.6. The number of hydrogen-bond acceptors (Lipinski definition) is 2. The van der Waals surface area contributed by atoms with Gasteiger partial charge in [0.1, 0.15) is 5.78 Å². The van der Waals surface area contributed by atoms with Crippen LogP contribution in [0, 0.1) is 0 Å². The summed E-state index contributed by atoms with van der Waals surface area (Å²) < 4.78 is 0. The van der Waals surface area contributed by atoms with Gasteiger partial charge in [0, 0.05) is 18.9 Å². The standard InChI is InChI=1S/C10H16ClNO2/c1-8(13)12-10(4-2-3-5-10)6-9(14)7-11/h2-7H2,1H3,(H,12,13). The maximum absolute atomic E-state index is 11.3. The van der Waals surface area contributed by atoms with Crippen LogP contribution in [0.3, 0.4) is 0 Å². The summed E-state index contributed by atoms with van der Waals surface area (Å²) in [5.41, 5.74) is -0.294. The van der Waals surface area contributed by atoms with Crippen molar-refractivity contribution in [2.75, 3.05) is 5.88 Å². The number of alkyl halides is 1. The van der Waals surface area contributed by atoms with E-state index < -0.39 is 0 Å². The summed E-state index contributed by atoms with van der Waals surface area (Å²) in [4.78, 5) is 22.3. The lowest BCUT2D eigenvalue weighted by molar-refractivity contribution is -0.122. The Morgan fingerprint density at radius 2 is 1.93 bits per heavy atom. The number of ketones is 1. The molecule has 0 atom stereocenters. The third kappa shape index (κ3) is 2.98. The molecular formula is C10H16ClNO2. The summed E-state index contributed by atoms with van der Waals surface area (Å²) in [7, 11) is 0. The first-order chi connectivity index (χ1) is 6.58. The van der Waals surface area contributed by atoms with Crippen LogP contribution < -0.4 is 5.32 Å². The molecule has 4 heteroatoms. The normalized spacial score (nSPS) is 19.3. The fraction of sp³-hybridized carbons (Fsp3) is 0.800. The van der Waals surface area contributed by atoms with E-state index in [1.807, 2.05) is 0 Å². The average molecular weight is 218 g/mol. The van der Waals surface area contributed by atoms with E-state index in [2.05, 4.69) is 5.32 Å². The molecule has 1 saturated carbocycles. The van der Waals surface area contributed by atoms with Crippen LogP contribution in [0.4, 0.5) is 0 Å². The summed E-state index contributed by atoms with van der Waals surface area (Å²) in [6.07, 6.45) is 4.34. The first kappa shape index (κ1) is 11.5. The van der Waals surface area contributed by atoms with E-state index in [9.17, 15) is 9.59 Å². The molecule has 0 aromatic rings. The van der Waals surface area contributed by atoms with Gasteiger partial charge in [-0.25, -0.2) is 0 Å². The Morgan fingerprint density at radius 1 is 1.36 bits per heavy atom. The molecule has 1 aliphatic carbocycles. The molecule has 0 spiro atoms. The predicted molar refractivity (Wildman–Crippen MR) is 55.4 cm³/mol. The number of Topliss-reactive ketones (excluding diaryl/α,β-unsaturated/α-hetero) is 1. The summed E-state index contributed by atoms with van der Waals surface area (Å²) in [6, 6.07) is 0. The van der Waals surface area contributed by atoms with Crippen LogP contribution in [-0.4, -0.2) is 23.1 Å². The Balaban J connectivity index is 2.61. The molecule has 0 bridgehead atoms. The molecule has 1 rings (SSSR count). The summed E-state index contributed by atoms with van der Waals surface area (Å²) in [6.45, 7) is 1.49. The topological polar surface area (TPSA) is 46.2 Å². The zero-order valence-corrected chi connectivity index (χ0v) is 9.19. The van der Waals surface area contributed by atoms with E-state index in [-0.39, 0.29) is 23.1 Å². The Kier molecular flexibility index (Phi) is 3.93. The molecule has 0 aromatic carbocycles. The molecule has 0 radical (unpaired) electrons. The van der Waals surface area contributed by atoms with Crippen LogP contribution in [0.5, 0.6) is 0 Å². The molecule has 80 valence electrons. The van der Waals surface area contributed by atoms with Crippen LogP contribution in [0.15, 0.2) is 0 Å². The van der Waals surface area contributed by atoms with Crippen molar-refractivity contribution in [3.63, 3.8) is 0 Å². The van der Waals surface area contributed by atoms with Crippen LogP contribution in [0.25, 0.3) is 0 Å². The maximum Gasteiger partial charge on any atom is 0.217 e. The van der Waals surface area contributed by atoms with Gasteiger partial charge in [-0.05, 0) is 12.8 Å². The molecule has 1 fully saturated rings. The molecular weight excluding hydrogens is 202 g/mol. The summed E-state index contributed by atoms with van der Waals surface area (Å²) in [5.74, 6) is -0.00183. The van der Waals surface area contributed by atoms with Crippen molar-refractivity contribution >= 4 is 23.3 Å². The number of carbonyl (C=O) groups excluding carboxylic acids is 2. The average Bonchev–Trinajstić information content (AvgIpc) is 2.51. The van der Waals surface area contributed by atoms with Crippen LogP contribution in [0.2, 0.25) is 0 Å². The molecule has 0 aromatic heterocycles. The predicted octanol–water partition coefficient (Wildman–Crippen LogP) is 1.63. The largest absolute Gasteiger partial charge is 0.350 e. The van der Waals surface area contributed by atoms with E-state index in [0.717, 1.165) is 25.7 Å². The van der Waals surface area contributed by atoms with Gasteiger partial charge in [-0.1, -0.05) is 12.8 Å². The van der Waals surface area contributed by atoms with Crippen molar-refractivity contribution in [1.29, 1.82) is 0 Å².